The largest absolute Gasteiger partial charge is 0.320 e. The van der Waals surface area contributed by atoms with Crippen LogP contribution in [0.1, 0.15) is 11.1 Å². The summed E-state index contributed by atoms with van der Waals surface area (Å²) in [5.74, 6) is 0.755. The van der Waals surface area contributed by atoms with Gasteiger partial charge in [-0.3, -0.25) is 4.79 Å². The van der Waals surface area contributed by atoms with Crippen molar-refractivity contribution < 1.29 is 0 Å². The van der Waals surface area contributed by atoms with Crippen LogP contribution < -0.4 is 5.56 Å². The molecule has 0 aliphatic carbocycles. The summed E-state index contributed by atoms with van der Waals surface area (Å²) < 4.78 is 0. The predicted molar refractivity (Wildman–Crippen MR) is 90.1 cm³/mol. The number of hydrogen-bond acceptors (Lipinski definition) is 4. The lowest BCUT2D eigenvalue weighted by Gasteiger charge is -2.21. The number of thiophene rings is 1. The van der Waals surface area contributed by atoms with Crippen molar-refractivity contribution in [3.63, 3.8) is 0 Å². The fourth-order valence-corrected chi connectivity index (χ4v) is 4.66. The van der Waals surface area contributed by atoms with Crippen LogP contribution in [-0.4, -0.2) is 4.98 Å². The van der Waals surface area contributed by atoms with E-state index in [1.54, 1.807) is 23.1 Å². The van der Waals surface area contributed by atoms with E-state index in [4.69, 9.17) is 0 Å². The summed E-state index contributed by atoms with van der Waals surface area (Å²) in [6.45, 7) is 0. The van der Waals surface area contributed by atoms with E-state index in [-0.39, 0.29) is 11.1 Å². The number of rotatable bonds is 1. The van der Waals surface area contributed by atoms with Gasteiger partial charge in [0, 0.05) is 26.7 Å². The van der Waals surface area contributed by atoms with Crippen molar-refractivity contribution in [2.75, 3.05) is 0 Å². The van der Waals surface area contributed by atoms with Gasteiger partial charge in [0.1, 0.15) is 11.6 Å². The van der Waals surface area contributed by atoms with Gasteiger partial charge in [-0.05, 0) is 23.1 Å². The van der Waals surface area contributed by atoms with Gasteiger partial charge in [-0.2, -0.15) is 5.26 Å². The Morgan fingerprint density at radius 3 is 2.82 bits per heavy atom. The number of aromatic nitrogens is 1. The summed E-state index contributed by atoms with van der Waals surface area (Å²) in [7, 11) is 0. The minimum atomic E-state index is -0.314. The number of benzene rings is 1. The minimum absolute atomic E-state index is 0.209. The summed E-state index contributed by atoms with van der Waals surface area (Å²) in [6, 6.07) is 14.0. The molecule has 0 saturated carbocycles. The topological polar surface area (TPSA) is 56.6 Å². The lowest BCUT2D eigenvalue weighted by atomic mass is 9.97. The zero-order valence-electron chi connectivity index (χ0n) is 11.4. The fraction of sp³-hybridized carbons (Fsp3) is 0.0588. The first-order valence-electron chi connectivity index (χ1n) is 6.75. The predicted octanol–water partition coefficient (Wildman–Crippen LogP) is 4.25. The number of H-pyrrole nitrogens is 1. The highest BCUT2D eigenvalue weighted by Crippen LogP contribution is 2.44. The standard InChI is InChI=1S/C17H10N2OS2/c18-8-11-15(14-6-3-7-21-14)12-9-22-13-5-2-1-4-10(13)16(12)19-17(11)20/h1-7H,9H2,(H,19,20). The molecule has 1 aliphatic rings. The minimum Gasteiger partial charge on any atom is -0.320 e. The van der Waals surface area contributed by atoms with Gasteiger partial charge in [0.25, 0.3) is 5.56 Å². The first-order chi connectivity index (χ1) is 10.8. The Morgan fingerprint density at radius 2 is 2.05 bits per heavy atom. The smallest absolute Gasteiger partial charge is 0.267 e. The number of hydrogen-bond donors (Lipinski definition) is 1. The van der Waals surface area contributed by atoms with Gasteiger partial charge in [0.15, 0.2) is 0 Å². The molecule has 106 valence electrons. The van der Waals surface area contributed by atoms with Gasteiger partial charge in [-0.15, -0.1) is 23.1 Å². The van der Waals surface area contributed by atoms with Crippen LogP contribution in [0, 0.1) is 11.3 Å². The van der Waals surface area contributed by atoms with E-state index in [9.17, 15) is 10.1 Å². The first-order valence-corrected chi connectivity index (χ1v) is 8.61. The lowest BCUT2D eigenvalue weighted by molar-refractivity contribution is 1.15. The molecular weight excluding hydrogens is 312 g/mol. The second kappa shape index (κ2) is 5.16. The Kier molecular flexibility index (Phi) is 3.14. The molecule has 5 heteroatoms. The summed E-state index contributed by atoms with van der Waals surface area (Å²) in [5, 5.41) is 11.4. The SMILES string of the molecule is N#Cc1c(-c2cccs2)c2c([nH]c1=O)-c1ccccc1SC2. The molecular formula is C17H10N2OS2. The molecule has 0 spiro atoms. The molecule has 0 radical (unpaired) electrons. The Hall–Kier alpha value is -2.29. The maximum atomic E-state index is 12.4. The Morgan fingerprint density at radius 1 is 1.18 bits per heavy atom. The van der Waals surface area contributed by atoms with Crippen LogP contribution in [-0.2, 0) is 5.75 Å². The van der Waals surface area contributed by atoms with E-state index in [0.717, 1.165) is 37.9 Å². The average molecular weight is 322 g/mol. The highest BCUT2D eigenvalue weighted by atomic mass is 32.2. The van der Waals surface area contributed by atoms with Crippen molar-refractivity contribution in [2.24, 2.45) is 0 Å². The van der Waals surface area contributed by atoms with Crippen LogP contribution in [0.15, 0.2) is 51.5 Å². The maximum Gasteiger partial charge on any atom is 0.267 e. The van der Waals surface area contributed by atoms with Crippen molar-refractivity contribution in [1.29, 1.82) is 5.26 Å². The molecule has 1 aliphatic heterocycles. The molecule has 1 aromatic carbocycles. The summed E-state index contributed by atoms with van der Waals surface area (Å²) in [6.07, 6.45) is 0. The van der Waals surface area contributed by atoms with E-state index in [2.05, 4.69) is 17.1 Å². The average Bonchev–Trinajstić information content (AvgIpc) is 3.07. The highest BCUT2D eigenvalue weighted by molar-refractivity contribution is 7.98. The molecule has 3 aromatic rings. The van der Waals surface area contributed by atoms with E-state index >= 15 is 0 Å². The van der Waals surface area contributed by atoms with Crippen LogP contribution in [0.25, 0.3) is 21.7 Å². The second-order valence-corrected chi connectivity index (χ2v) is 6.90. The summed E-state index contributed by atoms with van der Waals surface area (Å²) >= 11 is 3.30. The lowest BCUT2D eigenvalue weighted by Crippen LogP contribution is -2.17. The molecule has 0 saturated heterocycles. The maximum absolute atomic E-state index is 12.4. The van der Waals surface area contributed by atoms with E-state index in [1.165, 1.54) is 0 Å². The zero-order chi connectivity index (χ0) is 15.1. The molecule has 3 heterocycles. The molecule has 4 rings (SSSR count). The molecule has 0 atom stereocenters. The Bertz CT molecular complexity index is 965. The quantitative estimate of drug-likeness (QED) is 0.729. The first kappa shape index (κ1) is 13.4. The molecule has 22 heavy (non-hydrogen) atoms. The third kappa shape index (κ3) is 1.92. The van der Waals surface area contributed by atoms with Gasteiger partial charge in [-0.1, -0.05) is 24.3 Å². The molecule has 0 amide bonds. The number of aromatic amines is 1. The van der Waals surface area contributed by atoms with Gasteiger partial charge >= 0.3 is 0 Å². The number of nitrogens with one attached hydrogen (secondary N) is 1. The van der Waals surface area contributed by atoms with Crippen LogP contribution in [0.3, 0.4) is 0 Å². The number of pyridine rings is 1. The number of nitriles is 1. The Balaban J connectivity index is 2.11. The normalized spacial score (nSPS) is 12.3. The van der Waals surface area contributed by atoms with Gasteiger partial charge in [-0.25, -0.2) is 0 Å². The number of thioether (sulfide) groups is 1. The van der Waals surface area contributed by atoms with Gasteiger partial charge < -0.3 is 4.98 Å². The summed E-state index contributed by atoms with van der Waals surface area (Å²) in [4.78, 5) is 17.4. The van der Waals surface area contributed by atoms with Gasteiger partial charge in [0.2, 0.25) is 0 Å². The second-order valence-electron chi connectivity index (χ2n) is 4.93. The third-order valence-corrected chi connectivity index (χ3v) is 5.71. The monoisotopic (exact) mass is 322 g/mol. The van der Waals surface area contributed by atoms with E-state index in [1.807, 2.05) is 35.7 Å². The molecule has 0 unspecified atom stereocenters. The zero-order valence-corrected chi connectivity index (χ0v) is 13.1. The van der Waals surface area contributed by atoms with Crippen molar-refractivity contribution in [3.05, 3.63) is 63.3 Å². The van der Waals surface area contributed by atoms with Crippen molar-refractivity contribution in [3.8, 4) is 27.8 Å². The van der Waals surface area contributed by atoms with Crippen molar-refractivity contribution in [1.82, 2.24) is 4.98 Å². The third-order valence-electron chi connectivity index (χ3n) is 3.73. The highest BCUT2D eigenvalue weighted by Gasteiger charge is 2.25. The van der Waals surface area contributed by atoms with Crippen molar-refractivity contribution >= 4 is 23.1 Å². The number of nitrogens with zero attached hydrogens (tertiary/aromatic N) is 1. The van der Waals surface area contributed by atoms with Crippen LogP contribution in [0.2, 0.25) is 0 Å². The van der Waals surface area contributed by atoms with Gasteiger partial charge in [0.05, 0.1) is 5.69 Å². The molecule has 1 N–H and O–H groups in total. The van der Waals surface area contributed by atoms with E-state index < -0.39 is 0 Å². The van der Waals surface area contributed by atoms with Crippen LogP contribution in [0.5, 0.6) is 0 Å². The molecule has 0 bridgehead atoms. The van der Waals surface area contributed by atoms with Crippen molar-refractivity contribution in [2.45, 2.75) is 10.6 Å². The van der Waals surface area contributed by atoms with E-state index in [0.29, 0.717) is 0 Å². The van der Waals surface area contributed by atoms with Crippen LogP contribution in [0.4, 0.5) is 0 Å². The molecule has 0 fully saturated rings. The molecule has 3 nitrogen and oxygen atoms in total. The van der Waals surface area contributed by atoms with Crippen LogP contribution >= 0.6 is 23.1 Å². The Labute approximate surface area is 135 Å². The number of fused-ring (bicyclic) bond motifs is 3. The molecule has 2 aromatic heterocycles. The summed E-state index contributed by atoms with van der Waals surface area (Å²) in [5.41, 5.74) is 3.61. The fourth-order valence-electron chi connectivity index (χ4n) is 2.76.